The number of amides is 1. The van der Waals surface area contributed by atoms with Crippen molar-refractivity contribution < 1.29 is 4.79 Å². The first kappa shape index (κ1) is 15.6. The molecule has 1 fully saturated rings. The molecular weight excluding hydrogens is 292 g/mol. The molecule has 1 aromatic carbocycles. The minimum absolute atomic E-state index is 0.0386. The normalized spacial score (nSPS) is 15.5. The Bertz CT molecular complexity index is 604. The van der Waals surface area contributed by atoms with E-state index in [1.54, 1.807) is 12.1 Å². The molecule has 2 heterocycles. The van der Waals surface area contributed by atoms with Gasteiger partial charge in [0.2, 0.25) is 5.82 Å². The van der Waals surface area contributed by atoms with E-state index in [4.69, 9.17) is 0 Å². The fourth-order valence-electron chi connectivity index (χ4n) is 2.84. The highest BCUT2D eigenvalue weighted by molar-refractivity contribution is 5.94. The van der Waals surface area contributed by atoms with E-state index in [1.165, 1.54) is 32.4 Å². The molecule has 2 aromatic rings. The van der Waals surface area contributed by atoms with E-state index in [-0.39, 0.29) is 5.91 Å². The second kappa shape index (κ2) is 7.82. The quantitative estimate of drug-likeness (QED) is 0.789. The molecule has 23 heavy (non-hydrogen) atoms. The summed E-state index contributed by atoms with van der Waals surface area (Å²) in [5.41, 5.74) is 1.48. The first-order valence-corrected chi connectivity index (χ1v) is 8.17. The lowest BCUT2D eigenvalue weighted by atomic mass is 10.1. The average molecular weight is 314 g/mol. The molecule has 0 spiro atoms. The fourth-order valence-corrected chi connectivity index (χ4v) is 2.84. The highest BCUT2D eigenvalue weighted by Crippen LogP contribution is 2.14. The number of piperidine rings is 1. The molecule has 0 radical (unpaired) electrons. The van der Waals surface area contributed by atoms with Crippen molar-refractivity contribution in [3.63, 3.8) is 0 Å². The third-order valence-electron chi connectivity index (χ3n) is 4.14. The van der Waals surface area contributed by atoms with E-state index < -0.39 is 0 Å². The van der Waals surface area contributed by atoms with Gasteiger partial charge >= 0.3 is 0 Å². The van der Waals surface area contributed by atoms with Crippen LogP contribution in [0.5, 0.6) is 0 Å². The van der Waals surface area contributed by atoms with Crippen molar-refractivity contribution in [3.8, 4) is 11.4 Å². The number of H-pyrrole nitrogens is 1. The van der Waals surface area contributed by atoms with Gasteiger partial charge in [-0.05, 0) is 56.2 Å². The third-order valence-corrected chi connectivity index (χ3v) is 4.14. The fraction of sp³-hybridized carbons (Fsp3) is 0.500. The first-order valence-electron chi connectivity index (χ1n) is 8.17. The minimum atomic E-state index is -0.0386. The SMILES string of the molecule is O=C(NCCCN1CCCCC1)c1ccc(-c2nn[nH]n2)cc1. The minimum Gasteiger partial charge on any atom is -0.352 e. The second-order valence-electron chi connectivity index (χ2n) is 5.82. The van der Waals surface area contributed by atoms with Crippen molar-refractivity contribution in [2.75, 3.05) is 26.2 Å². The van der Waals surface area contributed by atoms with Crippen molar-refractivity contribution in [1.29, 1.82) is 0 Å². The van der Waals surface area contributed by atoms with Gasteiger partial charge in [0.05, 0.1) is 0 Å². The van der Waals surface area contributed by atoms with Crippen LogP contribution in [0.3, 0.4) is 0 Å². The zero-order chi connectivity index (χ0) is 15.9. The molecule has 2 N–H and O–H groups in total. The molecule has 122 valence electrons. The summed E-state index contributed by atoms with van der Waals surface area (Å²) in [6.45, 7) is 4.18. The zero-order valence-corrected chi connectivity index (χ0v) is 13.2. The van der Waals surface area contributed by atoms with Gasteiger partial charge in [-0.25, -0.2) is 0 Å². The van der Waals surface area contributed by atoms with Gasteiger partial charge in [0.25, 0.3) is 5.91 Å². The van der Waals surface area contributed by atoms with Crippen molar-refractivity contribution >= 4 is 5.91 Å². The molecule has 1 aliphatic rings. The highest BCUT2D eigenvalue weighted by atomic mass is 16.1. The molecule has 7 heteroatoms. The van der Waals surface area contributed by atoms with Crippen LogP contribution in [-0.4, -0.2) is 57.6 Å². The number of nitrogens with zero attached hydrogens (tertiary/aromatic N) is 4. The summed E-state index contributed by atoms with van der Waals surface area (Å²) >= 11 is 0. The molecule has 1 aromatic heterocycles. The maximum Gasteiger partial charge on any atom is 0.251 e. The third kappa shape index (κ3) is 4.35. The predicted molar refractivity (Wildman–Crippen MR) is 86.9 cm³/mol. The van der Waals surface area contributed by atoms with E-state index in [0.717, 1.165) is 18.5 Å². The van der Waals surface area contributed by atoms with E-state index in [1.807, 2.05) is 12.1 Å². The molecule has 1 aliphatic heterocycles. The highest BCUT2D eigenvalue weighted by Gasteiger charge is 2.10. The van der Waals surface area contributed by atoms with Crippen molar-refractivity contribution in [1.82, 2.24) is 30.8 Å². The number of aromatic nitrogens is 4. The maximum atomic E-state index is 12.1. The van der Waals surface area contributed by atoms with Gasteiger partial charge in [0, 0.05) is 17.7 Å². The van der Waals surface area contributed by atoms with Crippen LogP contribution in [0.25, 0.3) is 11.4 Å². The van der Waals surface area contributed by atoms with Crippen LogP contribution in [0, 0.1) is 0 Å². The number of tetrazole rings is 1. The van der Waals surface area contributed by atoms with Crippen LogP contribution in [0.2, 0.25) is 0 Å². The number of hydrogen-bond donors (Lipinski definition) is 2. The standard InChI is InChI=1S/C16H22N6O/c23-16(17-9-4-12-22-10-2-1-3-11-22)14-7-5-13(6-8-14)15-18-20-21-19-15/h5-8H,1-4,9-12H2,(H,17,23)(H,18,19,20,21). The lowest BCUT2D eigenvalue weighted by Gasteiger charge is -2.26. The Morgan fingerprint density at radius 1 is 1.17 bits per heavy atom. The van der Waals surface area contributed by atoms with Gasteiger partial charge in [-0.15, -0.1) is 10.2 Å². The number of benzene rings is 1. The van der Waals surface area contributed by atoms with E-state index in [9.17, 15) is 4.79 Å². The van der Waals surface area contributed by atoms with Crippen molar-refractivity contribution in [2.24, 2.45) is 0 Å². The molecule has 1 saturated heterocycles. The first-order chi connectivity index (χ1) is 11.3. The molecule has 0 bridgehead atoms. The Morgan fingerprint density at radius 3 is 2.65 bits per heavy atom. The Hall–Kier alpha value is -2.28. The number of carbonyl (C=O) groups is 1. The summed E-state index contributed by atoms with van der Waals surface area (Å²) in [5, 5.41) is 16.7. The topological polar surface area (TPSA) is 86.8 Å². The van der Waals surface area contributed by atoms with Gasteiger partial charge < -0.3 is 10.2 Å². The summed E-state index contributed by atoms with van der Waals surface area (Å²) in [5.74, 6) is 0.488. The van der Waals surface area contributed by atoms with Crippen LogP contribution < -0.4 is 5.32 Å². The van der Waals surface area contributed by atoms with Gasteiger partial charge in [-0.3, -0.25) is 4.79 Å². The summed E-state index contributed by atoms with van der Waals surface area (Å²) in [4.78, 5) is 14.6. The number of carbonyl (C=O) groups excluding carboxylic acids is 1. The number of hydrogen-bond acceptors (Lipinski definition) is 5. The van der Waals surface area contributed by atoms with Gasteiger partial charge in [-0.2, -0.15) is 5.21 Å². The molecule has 0 saturated carbocycles. The Balaban J connectivity index is 1.43. The van der Waals surface area contributed by atoms with E-state index in [0.29, 0.717) is 17.9 Å². The Labute approximate surface area is 135 Å². The van der Waals surface area contributed by atoms with Crippen LogP contribution >= 0.6 is 0 Å². The van der Waals surface area contributed by atoms with Crippen LogP contribution in [0.15, 0.2) is 24.3 Å². The Kier molecular flexibility index (Phi) is 5.31. The van der Waals surface area contributed by atoms with Crippen molar-refractivity contribution in [3.05, 3.63) is 29.8 Å². The Morgan fingerprint density at radius 2 is 1.96 bits per heavy atom. The van der Waals surface area contributed by atoms with Crippen LogP contribution in [0.4, 0.5) is 0 Å². The zero-order valence-electron chi connectivity index (χ0n) is 13.2. The van der Waals surface area contributed by atoms with E-state index in [2.05, 4.69) is 30.8 Å². The molecule has 7 nitrogen and oxygen atoms in total. The molecule has 3 rings (SSSR count). The van der Waals surface area contributed by atoms with Gasteiger partial charge in [-0.1, -0.05) is 18.6 Å². The number of aromatic amines is 1. The predicted octanol–water partition coefficient (Wildman–Crippen LogP) is 1.47. The van der Waals surface area contributed by atoms with Crippen molar-refractivity contribution in [2.45, 2.75) is 25.7 Å². The summed E-state index contributed by atoms with van der Waals surface area (Å²) < 4.78 is 0. The van der Waals surface area contributed by atoms with Gasteiger partial charge in [0.1, 0.15) is 0 Å². The van der Waals surface area contributed by atoms with Crippen LogP contribution in [0.1, 0.15) is 36.0 Å². The molecular formula is C16H22N6O. The van der Waals surface area contributed by atoms with Gasteiger partial charge in [0.15, 0.2) is 0 Å². The lowest BCUT2D eigenvalue weighted by Crippen LogP contribution is -2.33. The molecule has 0 atom stereocenters. The molecule has 0 unspecified atom stereocenters. The smallest absolute Gasteiger partial charge is 0.251 e. The molecule has 0 aliphatic carbocycles. The monoisotopic (exact) mass is 314 g/mol. The number of nitrogens with one attached hydrogen (secondary N) is 2. The molecule has 1 amide bonds. The second-order valence-corrected chi connectivity index (χ2v) is 5.82. The summed E-state index contributed by atoms with van der Waals surface area (Å²) in [6, 6.07) is 7.22. The largest absolute Gasteiger partial charge is 0.352 e. The summed E-state index contributed by atoms with van der Waals surface area (Å²) in [6.07, 6.45) is 4.96. The van der Waals surface area contributed by atoms with E-state index >= 15 is 0 Å². The maximum absolute atomic E-state index is 12.1. The van der Waals surface area contributed by atoms with Crippen LogP contribution in [-0.2, 0) is 0 Å². The number of likely N-dealkylation sites (tertiary alicyclic amines) is 1. The number of rotatable bonds is 6. The summed E-state index contributed by atoms with van der Waals surface area (Å²) in [7, 11) is 0. The lowest BCUT2D eigenvalue weighted by molar-refractivity contribution is 0.0951. The average Bonchev–Trinajstić information content (AvgIpc) is 3.14.